The Labute approximate surface area is 113 Å². The van der Waals surface area contributed by atoms with E-state index in [1.165, 1.54) is 7.05 Å². The maximum atomic E-state index is 12.0. The standard InChI is InChI=1S/C13H20N4O2/c1-4-6-15-11-8-10(5-7-16-11)13(19)17-9(2)12(18)14-3/h5,7-9H,4,6H2,1-3H3,(H,14,18)(H,15,16)(H,17,19). The van der Waals surface area contributed by atoms with Gasteiger partial charge in [0.15, 0.2) is 0 Å². The predicted molar refractivity (Wildman–Crippen MR) is 74.0 cm³/mol. The van der Waals surface area contributed by atoms with Crippen LogP contribution in [0.15, 0.2) is 18.3 Å². The van der Waals surface area contributed by atoms with E-state index in [0.717, 1.165) is 13.0 Å². The first-order valence-corrected chi connectivity index (χ1v) is 6.30. The SMILES string of the molecule is CCCNc1cc(C(=O)NC(C)C(=O)NC)ccn1. The van der Waals surface area contributed by atoms with Crippen molar-refractivity contribution in [1.29, 1.82) is 0 Å². The molecule has 19 heavy (non-hydrogen) atoms. The highest BCUT2D eigenvalue weighted by molar-refractivity contribution is 5.97. The van der Waals surface area contributed by atoms with E-state index in [1.54, 1.807) is 25.3 Å². The van der Waals surface area contributed by atoms with Gasteiger partial charge in [-0.1, -0.05) is 6.92 Å². The molecule has 1 heterocycles. The van der Waals surface area contributed by atoms with Crippen LogP contribution in [0.5, 0.6) is 0 Å². The van der Waals surface area contributed by atoms with Crippen LogP contribution in [0.1, 0.15) is 30.6 Å². The minimum atomic E-state index is -0.572. The first-order chi connectivity index (χ1) is 9.08. The van der Waals surface area contributed by atoms with Gasteiger partial charge in [-0.15, -0.1) is 0 Å². The number of aromatic nitrogens is 1. The molecular formula is C13H20N4O2. The molecule has 3 N–H and O–H groups in total. The van der Waals surface area contributed by atoms with E-state index in [1.807, 2.05) is 0 Å². The fraction of sp³-hybridized carbons (Fsp3) is 0.462. The Bertz CT molecular complexity index is 448. The number of hydrogen-bond acceptors (Lipinski definition) is 4. The van der Waals surface area contributed by atoms with Gasteiger partial charge in [-0.25, -0.2) is 4.98 Å². The molecule has 104 valence electrons. The van der Waals surface area contributed by atoms with Gasteiger partial charge < -0.3 is 16.0 Å². The van der Waals surface area contributed by atoms with Crippen LogP contribution in [0, 0.1) is 0 Å². The van der Waals surface area contributed by atoms with Crippen LogP contribution in [0.2, 0.25) is 0 Å². The lowest BCUT2D eigenvalue weighted by Gasteiger charge is -2.12. The monoisotopic (exact) mass is 264 g/mol. The van der Waals surface area contributed by atoms with Crippen molar-refractivity contribution in [2.45, 2.75) is 26.3 Å². The molecule has 0 spiro atoms. The van der Waals surface area contributed by atoms with Crippen LogP contribution < -0.4 is 16.0 Å². The van der Waals surface area contributed by atoms with Gasteiger partial charge in [0.2, 0.25) is 5.91 Å². The van der Waals surface area contributed by atoms with Crippen molar-refractivity contribution in [2.24, 2.45) is 0 Å². The number of nitrogens with one attached hydrogen (secondary N) is 3. The Hall–Kier alpha value is -2.11. The summed E-state index contributed by atoms with van der Waals surface area (Å²) in [4.78, 5) is 27.4. The number of anilines is 1. The molecule has 0 radical (unpaired) electrons. The van der Waals surface area contributed by atoms with Crippen molar-refractivity contribution in [3.05, 3.63) is 23.9 Å². The highest BCUT2D eigenvalue weighted by atomic mass is 16.2. The van der Waals surface area contributed by atoms with Crippen molar-refractivity contribution in [3.63, 3.8) is 0 Å². The zero-order chi connectivity index (χ0) is 14.3. The van der Waals surface area contributed by atoms with Crippen molar-refractivity contribution in [2.75, 3.05) is 18.9 Å². The van der Waals surface area contributed by atoms with Crippen LogP contribution in [0.4, 0.5) is 5.82 Å². The predicted octanol–water partition coefficient (Wildman–Crippen LogP) is 0.768. The Morgan fingerprint density at radius 2 is 2.16 bits per heavy atom. The highest BCUT2D eigenvalue weighted by Gasteiger charge is 2.15. The Kier molecular flexibility index (Phi) is 5.78. The lowest BCUT2D eigenvalue weighted by Crippen LogP contribution is -2.43. The number of hydrogen-bond donors (Lipinski definition) is 3. The minimum absolute atomic E-state index is 0.230. The van der Waals surface area contributed by atoms with Crippen molar-refractivity contribution >= 4 is 17.6 Å². The van der Waals surface area contributed by atoms with Crippen LogP contribution in [0.25, 0.3) is 0 Å². The van der Waals surface area contributed by atoms with Crippen LogP contribution in [0.3, 0.4) is 0 Å². The van der Waals surface area contributed by atoms with Gasteiger partial charge in [0.1, 0.15) is 11.9 Å². The zero-order valence-corrected chi connectivity index (χ0v) is 11.5. The van der Waals surface area contributed by atoms with Gasteiger partial charge >= 0.3 is 0 Å². The smallest absolute Gasteiger partial charge is 0.252 e. The number of carbonyl (C=O) groups is 2. The summed E-state index contributed by atoms with van der Waals surface area (Å²) in [7, 11) is 1.53. The van der Waals surface area contributed by atoms with Gasteiger partial charge in [-0.2, -0.15) is 0 Å². The zero-order valence-electron chi connectivity index (χ0n) is 11.5. The molecule has 1 aromatic heterocycles. The van der Waals surface area contributed by atoms with Crippen LogP contribution in [-0.2, 0) is 4.79 Å². The molecule has 2 amide bonds. The molecule has 1 aromatic rings. The average Bonchev–Trinajstić information content (AvgIpc) is 2.44. The molecule has 1 rings (SSSR count). The summed E-state index contributed by atoms with van der Waals surface area (Å²) < 4.78 is 0. The molecule has 1 unspecified atom stereocenters. The van der Waals surface area contributed by atoms with E-state index < -0.39 is 6.04 Å². The fourth-order valence-electron chi connectivity index (χ4n) is 1.48. The molecule has 0 saturated carbocycles. The van der Waals surface area contributed by atoms with E-state index >= 15 is 0 Å². The number of nitrogens with zero attached hydrogens (tertiary/aromatic N) is 1. The third kappa shape index (κ3) is 4.57. The van der Waals surface area contributed by atoms with Crippen molar-refractivity contribution in [1.82, 2.24) is 15.6 Å². The maximum absolute atomic E-state index is 12.0. The van der Waals surface area contributed by atoms with E-state index in [9.17, 15) is 9.59 Å². The molecule has 1 atom stereocenters. The summed E-state index contributed by atoms with van der Waals surface area (Å²) in [6.45, 7) is 4.48. The van der Waals surface area contributed by atoms with E-state index in [-0.39, 0.29) is 11.8 Å². The Morgan fingerprint density at radius 1 is 1.42 bits per heavy atom. The molecular weight excluding hydrogens is 244 g/mol. The molecule has 0 aliphatic heterocycles. The largest absolute Gasteiger partial charge is 0.370 e. The van der Waals surface area contributed by atoms with Crippen LogP contribution in [-0.4, -0.2) is 36.4 Å². The summed E-state index contributed by atoms with van der Waals surface area (Å²) in [5.74, 6) is 0.131. The number of likely N-dealkylation sites (N-methyl/N-ethyl adjacent to an activating group) is 1. The maximum Gasteiger partial charge on any atom is 0.252 e. The second-order valence-electron chi connectivity index (χ2n) is 4.17. The van der Waals surface area contributed by atoms with Gasteiger partial charge in [0.25, 0.3) is 5.91 Å². The summed E-state index contributed by atoms with van der Waals surface area (Å²) >= 11 is 0. The third-order valence-corrected chi connectivity index (χ3v) is 2.57. The summed E-state index contributed by atoms with van der Waals surface area (Å²) in [6.07, 6.45) is 2.54. The van der Waals surface area contributed by atoms with Gasteiger partial charge in [-0.05, 0) is 25.5 Å². The number of rotatable bonds is 6. The number of carbonyl (C=O) groups excluding carboxylic acids is 2. The van der Waals surface area contributed by atoms with Crippen molar-refractivity contribution in [3.8, 4) is 0 Å². The van der Waals surface area contributed by atoms with Gasteiger partial charge in [-0.3, -0.25) is 9.59 Å². The van der Waals surface area contributed by atoms with Crippen molar-refractivity contribution < 1.29 is 9.59 Å². The fourth-order valence-corrected chi connectivity index (χ4v) is 1.48. The minimum Gasteiger partial charge on any atom is -0.370 e. The highest BCUT2D eigenvalue weighted by Crippen LogP contribution is 2.07. The number of amides is 2. The Morgan fingerprint density at radius 3 is 2.79 bits per heavy atom. The molecule has 0 saturated heterocycles. The molecule has 0 aromatic carbocycles. The topological polar surface area (TPSA) is 83.1 Å². The lowest BCUT2D eigenvalue weighted by atomic mass is 10.2. The van der Waals surface area contributed by atoms with Gasteiger partial charge in [0, 0.05) is 25.4 Å². The first kappa shape index (κ1) is 14.9. The molecule has 0 aliphatic carbocycles. The lowest BCUT2D eigenvalue weighted by molar-refractivity contribution is -0.122. The molecule has 0 aliphatic rings. The van der Waals surface area contributed by atoms with Crippen LogP contribution >= 0.6 is 0 Å². The van der Waals surface area contributed by atoms with E-state index in [0.29, 0.717) is 11.4 Å². The van der Waals surface area contributed by atoms with E-state index in [2.05, 4.69) is 27.9 Å². The molecule has 0 bridgehead atoms. The molecule has 6 nitrogen and oxygen atoms in total. The summed E-state index contributed by atoms with van der Waals surface area (Å²) in [5, 5.41) is 8.21. The number of pyridine rings is 1. The summed E-state index contributed by atoms with van der Waals surface area (Å²) in [6, 6.07) is 2.71. The third-order valence-electron chi connectivity index (χ3n) is 2.57. The van der Waals surface area contributed by atoms with E-state index in [4.69, 9.17) is 0 Å². The summed E-state index contributed by atoms with van der Waals surface area (Å²) in [5.41, 5.74) is 0.476. The normalized spacial score (nSPS) is 11.5. The second kappa shape index (κ2) is 7.35. The second-order valence-corrected chi connectivity index (χ2v) is 4.17. The average molecular weight is 264 g/mol. The quantitative estimate of drug-likeness (QED) is 0.708. The molecule has 6 heteroatoms. The van der Waals surface area contributed by atoms with Gasteiger partial charge in [0.05, 0.1) is 0 Å². The Balaban J connectivity index is 2.68. The molecule has 0 fully saturated rings. The first-order valence-electron chi connectivity index (χ1n) is 6.30.